The zero-order chi connectivity index (χ0) is 8.97. The molecular weight excluding hydrogens is 164 g/mol. The number of rotatable bonds is 3. The number of hydrogen-bond donors (Lipinski definition) is 0. The number of halogens is 2. The van der Waals surface area contributed by atoms with Crippen molar-refractivity contribution in [2.24, 2.45) is 0 Å². The molecule has 0 aromatic carbocycles. The van der Waals surface area contributed by atoms with Crippen LogP contribution in [0.1, 0.15) is 16.1 Å². The number of alkyl halides is 2. The predicted molar refractivity (Wildman–Crippen MR) is 39.3 cm³/mol. The molecular formula is C8H7F2NO. The van der Waals surface area contributed by atoms with Crippen LogP contribution in [0.5, 0.6) is 0 Å². The Morgan fingerprint density at radius 1 is 1.58 bits per heavy atom. The Morgan fingerprint density at radius 3 is 2.92 bits per heavy atom. The number of aromatic nitrogens is 1. The Bertz CT molecular complexity index is 276. The van der Waals surface area contributed by atoms with Crippen molar-refractivity contribution >= 4 is 6.29 Å². The van der Waals surface area contributed by atoms with Gasteiger partial charge in [0.25, 0.3) is 0 Å². The minimum atomic E-state index is -2.46. The summed E-state index contributed by atoms with van der Waals surface area (Å²) in [5.41, 5.74) is 0.389. The van der Waals surface area contributed by atoms with Crippen molar-refractivity contribution in [3.63, 3.8) is 0 Å². The zero-order valence-corrected chi connectivity index (χ0v) is 6.21. The standard InChI is InChI=1S/C8H7F2NO/c9-8(10)4-7-6(5-12)2-1-3-11-7/h1-3,5,8H,4H2. The molecule has 0 unspecified atom stereocenters. The number of pyridine rings is 1. The molecule has 0 bridgehead atoms. The lowest BCUT2D eigenvalue weighted by Crippen LogP contribution is -2.02. The maximum atomic E-state index is 11.9. The minimum Gasteiger partial charge on any atom is -0.298 e. The van der Waals surface area contributed by atoms with Crippen LogP contribution < -0.4 is 0 Å². The Labute approximate surface area is 68.2 Å². The average molecular weight is 171 g/mol. The Balaban J connectivity index is 2.89. The fourth-order valence-electron chi connectivity index (χ4n) is 0.874. The Morgan fingerprint density at radius 2 is 2.33 bits per heavy atom. The fourth-order valence-corrected chi connectivity index (χ4v) is 0.874. The third-order valence-corrected chi connectivity index (χ3v) is 1.40. The lowest BCUT2D eigenvalue weighted by atomic mass is 10.2. The largest absolute Gasteiger partial charge is 0.298 e. The highest BCUT2D eigenvalue weighted by Crippen LogP contribution is 2.07. The van der Waals surface area contributed by atoms with E-state index in [0.29, 0.717) is 6.29 Å². The molecule has 1 rings (SSSR count). The zero-order valence-electron chi connectivity index (χ0n) is 6.21. The molecule has 0 N–H and O–H groups in total. The van der Waals surface area contributed by atoms with Gasteiger partial charge in [0.05, 0.1) is 12.1 Å². The lowest BCUT2D eigenvalue weighted by molar-refractivity contribution is 0.111. The molecule has 0 aliphatic rings. The van der Waals surface area contributed by atoms with Crippen LogP contribution in [-0.4, -0.2) is 17.7 Å². The van der Waals surface area contributed by atoms with Crippen molar-refractivity contribution < 1.29 is 13.6 Å². The molecule has 0 fully saturated rings. The molecule has 0 atom stereocenters. The first-order chi connectivity index (χ1) is 5.74. The summed E-state index contributed by atoms with van der Waals surface area (Å²) in [6.45, 7) is 0. The van der Waals surface area contributed by atoms with Crippen molar-refractivity contribution in [3.8, 4) is 0 Å². The smallest absolute Gasteiger partial charge is 0.244 e. The van der Waals surface area contributed by atoms with Gasteiger partial charge in [-0.3, -0.25) is 9.78 Å². The number of nitrogens with zero attached hydrogens (tertiary/aromatic N) is 1. The molecule has 12 heavy (non-hydrogen) atoms. The molecule has 1 heterocycles. The van der Waals surface area contributed by atoms with Crippen LogP contribution in [0.15, 0.2) is 18.3 Å². The summed E-state index contributed by atoms with van der Waals surface area (Å²) in [6.07, 6.45) is -0.997. The molecule has 0 aliphatic carbocycles. The van der Waals surface area contributed by atoms with Crippen LogP contribution in [0.25, 0.3) is 0 Å². The van der Waals surface area contributed by atoms with Gasteiger partial charge in [0.1, 0.15) is 0 Å². The summed E-state index contributed by atoms with van der Waals surface area (Å²) in [4.78, 5) is 14.0. The van der Waals surface area contributed by atoms with Crippen LogP contribution in [0.3, 0.4) is 0 Å². The van der Waals surface area contributed by atoms with Gasteiger partial charge in [-0.25, -0.2) is 8.78 Å². The molecule has 1 aromatic heterocycles. The summed E-state index contributed by atoms with van der Waals surface area (Å²) in [5, 5.41) is 0. The average Bonchev–Trinajstić information content (AvgIpc) is 2.04. The Kier molecular flexibility index (Phi) is 2.85. The van der Waals surface area contributed by atoms with Gasteiger partial charge < -0.3 is 0 Å². The first kappa shape index (κ1) is 8.77. The van der Waals surface area contributed by atoms with Crippen molar-refractivity contribution in [3.05, 3.63) is 29.6 Å². The lowest BCUT2D eigenvalue weighted by Gasteiger charge is -2.00. The van der Waals surface area contributed by atoms with E-state index < -0.39 is 12.8 Å². The topological polar surface area (TPSA) is 30.0 Å². The van der Waals surface area contributed by atoms with E-state index in [9.17, 15) is 13.6 Å². The van der Waals surface area contributed by atoms with Gasteiger partial charge in [-0.1, -0.05) is 0 Å². The first-order valence-electron chi connectivity index (χ1n) is 3.41. The minimum absolute atomic E-state index is 0.155. The highest BCUT2D eigenvalue weighted by Gasteiger charge is 2.08. The molecule has 2 nitrogen and oxygen atoms in total. The molecule has 0 spiro atoms. The van der Waals surface area contributed by atoms with Gasteiger partial charge in [0.15, 0.2) is 6.29 Å². The van der Waals surface area contributed by atoms with E-state index in [1.807, 2.05) is 0 Å². The maximum absolute atomic E-state index is 11.9. The molecule has 64 valence electrons. The van der Waals surface area contributed by atoms with Gasteiger partial charge in [-0.05, 0) is 12.1 Å². The van der Waals surface area contributed by atoms with Crippen LogP contribution >= 0.6 is 0 Å². The number of aldehydes is 1. The third-order valence-electron chi connectivity index (χ3n) is 1.40. The van der Waals surface area contributed by atoms with Crippen molar-refractivity contribution in [1.29, 1.82) is 0 Å². The molecule has 4 heteroatoms. The van der Waals surface area contributed by atoms with Gasteiger partial charge in [0.2, 0.25) is 6.43 Å². The van der Waals surface area contributed by atoms with E-state index in [0.717, 1.165) is 0 Å². The van der Waals surface area contributed by atoms with Gasteiger partial charge in [-0.2, -0.15) is 0 Å². The highest BCUT2D eigenvalue weighted by atomic mass is 19.3. The van der Waals surface area contributed by atoms with E-state index in [1.165, 1.54) is 12.3 Å². The Hall–Kier alpha value is -1.32. The van der Waals surface area contributed by atoms with E-state index in [1.54, 1.807) is 6.07 Å². The quantitative estimate of drug-likeness (QED) is 0.648. The van der Waals surface area contributed by atoms with E-state index in [-0.39, 0.29) is 11.3 Å². The SMILES string of the molecule is O=Cc1cccnc1CC(F)F. The second-order valence-electron chi connectivity index (χ2n) is 2.25. The summed E-state index contributed by atoms with van der Waals surface area (Å²) in [7, 11) is 0. The maximum Gasteiger partial charge on any atom is 0.244 e. The van der Waals surface area contributed by atoms with E-state index in [2.05, 4.69) is 4.98 Å². The second kappa shape index (κ2) is 3.90. The van der Waals surface area contributed by atoms with E-state index in [4.69, 9.17) is 0 Å². The van der Waals surface area contributed by atoms with E-state index >= 15 is 0 Å². The highest BCUT2D eigenvalue weighted by molar-refractivity contribution is 5.76. The molecule has 0 saturated carbocycles. The van der Waals surface area contributed by atoms with Gasteiger partial charge >= 0.3 is 0 Å². The predicted octanol–water partition coefficient (Wildman–Crippen LogP) is 1.70. The first-order valence-corrected chi connectivity index (χ1v) is 3.41. The third kappa shape index (κ3) is 2.08. The molecule has 0 saturated heterocycles. The van der Waals surface area contributed by atoms with Gasteiger partial charge in [0, 0.05) is 11.8 Å². The second-order valence-corrected chi connectivity index (χ2v) is 2.25. The molecule has 0 radical (unpaired) electrons. The fraction of sp³-hybridized carbons (Fsp3) is 0.250. The van der Waals surface area contributed by atoms with Crippen LogP contribution in [0, 0.1) is 0 Å². The van der Waals surface area contributed by atoms with Crippen molar-refractivity contribution in [2.45, 2.75) is 12.8 Å². The van der Waals surface area contributed by atoms with Crippen LogP contribution in [0.2, 0.25) is 0 Å². The normalized spacial score (nSPS) is 10.2. The number of carbonyl (C=O) groups is 1. The van der Waals surface area contributed by atoms with Crippen molar-refractivity contribution in [2.75, 3.05) is 0 Å². The number of hydrogen-bond acceptors (Lipinski definition) is 2. The van der Waals surface area contributed by atoms with Crippen molar-refractivity contribution in [1.82, 2.24) is 4.98 Å². The summed E-state index contributed by atoms with van der Waals surface area (Å²) >= 11 is 0. The number of carbonyl (C=O) groups excluding carboxylic acids is 1. The summed E-state index contributed by atoms with van der Waals surface area (Å²) < 4.78 is 23.8. The summed E-state index contributed by atoms with van der Waals surface area (Å²) in [6, 6.07) is 3.01. The molecule has 0 amide bonds. The summed E-state index contributed by atoms with van der Waals surface area (Å²) in [5.74, 6) is 0. The van der Waals surface area contributed by atoms with Gasteiger partial charge in [-0.15, -0.1) is 0 Å². The molecule has 0 aliphatic heterocycles. The molecule has 1 aromatic rings. The van der Waals surface area contributed by atoms with Crippen LogP contribution in [0.4, 0.5) is 8.78 Å². The monoisotopic (exact) mass is 171 g/mol. The van der Waals surface area contributed by atoms with Crippen LogP contribution in [-0.2, 0) is 6.42 Å².